The number of hydrogen-bond donors (Lipinski definition) is 0. The summed E-state index contributed by atoms with van der Waals surface area (Å²) >= 11 is 0. The SMILES string of the molecule is Cc1ccc(-c2nc(CC(=O)C3(c4ccc5c(c4)OC(F)(F)O5)CC3)ccc2C)nc1. The molecule has 1 aromatic carbocycles. The number of benzene rings is 1. The number of ketones is 1. The third-order valence-corrected chi connectivity index (χ3v) is 5.89. The number of hydrogen-bond acceptors (Lipinski definition) is 5. The van der Waals surface area contributed by atoms with Crippen LogP contribution in [0.2, 0.25) is 0 Å². The van der Waals surface area contributed by atoms with Gasteiger partial charge in [0.25, 0.3) is 0 Å². The van der Waals surface area contributed by atoms with Crippen LogP contribution >= 0.6 is 0 Å². The van der Waals surface area contributed by atoms with Crippen LogP contribution in [0.3, 0.4) is 0 Å². The van der Waals surface area contributed by atoms with Gasteiger partial charge in [-0.2, -0.15) is 0 Å². The standard InChI is InChI=1S/C24H20F2N2O3/c1-14-3-7-18(27-13-14)22-15(2)4-6-17(28-22)12-21(29)23(9-10-23)16-5-8-19-20(11-16)31-24(25,26)30-19/h3-8,11,13H,9-10,12H2,1-2H3. The van der Waals surface area contributed by atoms with Crippen molar-refractivity contribution in [1.82, 2.24) is 9.97 Å². The maximum absolute atomic E-state index is 13.3. The van der Waals surface area contributed by atoms with Crippen LogP contribution in [-0.4, -0.2) is 22.0 Å². The van der Waals surface area contributed by atoms with Crippen molar-refractivity contribution >= 4 is 5.78 Å². The van der Waals surface area contributed by atoms with Gasteiger partial charge in [0, 0.05) is 18.3 Å². The van der Waals surface area contributed by atoms with Crippen LogP contribution < -0.4 is 9.47 Å². The lowest BCUT2D eigenvalue weighted by Gasteiger charge is -2.15. The van der Waals surface area contributed by atoms with E-state index in [9.17, 15) is 13.6 Å². The Morgan fingerprint density at radius 2 is 1.81 bits per heavy atom. The van der Waals surface area contributed by atoms with Crippen LogP contribution in [0, 0.1) is 13.8 Å². The molecule has 0 radical (unpaired) electrons. The summed E-state index contributed by atoms with van der Waals surface area (Å²) in [6.45, 7) is 3.93. The molecule has 0 unspecified atom stereocenters. The first-order chi connectivity index (χ1) is 14.8. The van der Waals surface area contributed by atoms with E-state index in [0.717, 1.165) is 22.5 Å². The summed E-state index contributed by atoms with van der Waals surface area (Å²) in [7, 11) is 0. The lowest BCUT2D eigenvalue weighted by Crippen LogP contribution is -2.26. The monoisotopic (exact) mass is 422 g/mol. The van der Waals surface area contributed by atoms with E-state index in [1.165, 1.54) is 12.1 Å². The third-order valence-electron chi connectivity index (χ3n) is 5.89. The molecule has 0 N–H and O–H groups in total. The topological polar surface area (TPSA) is 61.3 Å². The first kappa shape index (κ1) is 19.6. The van der Waals surface area contributed by atoms with Gasteiger partial charge in [0.1, 0.15) is 5.78 Å². The number of aryl methyl sites for hydroxylation is 2. The van der Waals surface area contributed by atoms with Crippen molar-refractivity contribution in [3.05, 3.63) is 71.0 Å². The van der Waals surface area contributed by atoms with Crippen LogP contribution in [-0.2, 0) is 16.6 Å². The zero-order valence-electron chi connectivity index (χ0n) is 17.1. The molecule has 5 nitrogen and oxygen atoms in total. The van der Waals surface area contributed by atoms with Gasteiger partial charge in [-0.15, -0.1) is 8.78 Å². The fourth-order valence-corrected chi connectivity index (χ4v) is 3.97. The molecule has 7 heteroatoms. The Labute approximate surface area is 178 Å². The molecule has 3 aromatic rings. The molecule has 0 spiro atoms. The highest BCUT2D eigenvalue weighted by atomic mass is 19.3. The second-order valence-corrected chi connectivity index (χ2v) is 8.20. The predicted octanol–water partition coefficient (Wildman–Crippen LogP) is 4.93. The molecule has 1 fully saturated rings. The minimum Gasteiger partial charge on any atom is -0.395 e. The Bertz CT molecular complexity index is 1190. The lowest BCUT2D eigenvalue weighted by atomic mass is 9.88. The Morgan fingerprint density at radius 1 is 1.03 bits per heavy atom. The second-order valence-electron chi connectivity index (χ2n) is 8.20. The molecule has 5 rings (SSSR count). The van der Waals surface area contributed by atoms with Crippen molar-refractivity contribution < 1.29 is 23.0 Å². The number of carbonyl (C=O) groups excluding carboxylic acids is 1. The van der Waals surface area contributed by atoms with Gasteiger partial charge in [0.2, 0.25) is 0 Å². The molecule has 0 amide bonds. The van der Waals surface area contributed by atoms with E-state index in [-0.39, 0.29) is 23.7 Å². The minimum absolute atomic E-state index is 0.0114. The van der Waals surface area contributed by atoms with E-state index < -0.39 is 11.7 Å². The van der Waals surface area contributed by atoms with Crippen molar-refractivity contribution in [2.75, 3.05) is 0 Å². The summed E-state index contributed by atoms with van der Waals surface area (Å²) < 4.78 is 35.7. The van der Waals surface area contributed by atoms with Crippen molar-refractivity contribution in [3.63, 3.8) is 0 Å². The van der Waals surface area contributed by atoms with Gasteiger partial charge >= 0.3 is 6.29 Å². The van der Waals surface area contributed by atoms with E-state index in [1.807, 2.05) is 38.1 Å². The summed E-state index contributed by atoms with van der Waals surface area (Å²) in [5.41, 5.74) is 4.19. The number of fused-ring (bicyclic) bond motifs is 1. The molecular formula is C24H20F2N2O3. The van der Waals surface area contributed by atoms with Crippen molar-refractivity contribution in [2.24, 2.45) is 0 Å². The summed E-state index contributed by atoms with van der Waals surface area (Å²) in [5, 5.41) is 0. The fourth-order valence-electron chi connectivity index (χ4n) is 3.97. The summed E-state index contributed by atoms with van der Waals surface area (Å²) in [6, 6.07) is 12.3. The quantitative estimate of drug-likeness (QED) is 0.584. The molecule has 0 atom stereocenters. The maximum atomic E-state index is 13.3. The van der Waals surface area contributed by atoms with Crippen molar-refractivity contribution in [1.29, 1.82) is 0 Å². The highest BCUT2D eigenvalue weighted by molar-refractivity contribution is 5.94. The highest BCUT2D eigenvalue weighted by Crippen LogP contribution is 2.52. The average Bonchev–Trinajstić information content (AvgIpc) is 3.47. The zero-order valence-corrected chi connectivity index (χ0v) is 17.1. The van der Waals surface area contributed by atoms with Crippen LogP contribution in [0.5, 0.6) is 11.5 Å². The van der Waals surface area contributed by atoms with Gasteiger partial charge in [0.05, 0.1) is 16.8 Å². The zero-order chi connectivity index (χ0) is 21.8. The van der Waals surface area contributed by atoms with E-state index in [2.05, 4.69) is 14.5 Å². The van der Waals surface area contributed by atoms with E-state index in [0.29, 0.717) is 24.1 Å². The molecular weight excluding hydrogens is 402 g/mol. The number of halogens is 2. The first-order valence-electron chi connectivity index (χ1n) is 10.1. The number of ether oxygens (including phenoxy) is 2. The van der Waals surface area contributed by atoms with Gasteiger partial charge in [-0.3, -0.25) is 14.8 Å². The third kappa shape index (κ3) is 3.54. The van der Waals surface area contributed by atoms with E-state index in [4.69, 9.17) is 4.98 Å². The molecule has 1 aliphatic heterocycles. The lowest BCUT2D eigenvalue weighted by molar-refractivity contribution is -0.286. The van der Waals surface area contributed by atoms with Crippen LogP contribution in [0.25, 0.3) is 11.4 Å². The molecule has 158 valence electrons. The summed E-state index contributed by atoms with van der Waals surface area (Å²) in [4.78, 5) is 22.4. The smallest absolute Gasteiger partial charge is 0.395 e. The number of rotatable bonds is 5. The molecule has 2 aromatic heterocycles. The van der Waals surface area contributed by atoms with Crippen LogP contribution in [0.15, 0.2) is 48.7 Å². The normalized spacial score (nSPS) is 17.4. The molecule has 31 heavy (non-hydrogen) atoms. The van der Waals surface area contributed by atoms with Gasteiger partial charge in [-0.25, -0.2) is 0 Å². The molecule has 1 saturated carbocycles. The Balaban J connectivity index is 1.40. The van der Waals surface area contributed by atoms with Gasteiger partial charge in [-0.05, 0) is 67.6 Å². The number of alkyl halides is 2. The fraction of sp³-hybridized carbons (Fsp3) is 0.292. The van der Waals surface area contributed by atoms with Crippen molar-refractivity contribution in [3.8, 4) is 22.9 Å². The Kier molecular flexibility index (Phi) is 4.32. The molecule has 0 bridgehead atoms. The minimum atomic E-state index is -3.67. The molecule has 1 aliphatic carbocycles. The number of nitrogens with zero attached hydrogens (tertiary/aromatic N) is 2. The van der Waals surface area contributed by atoms with Crippen LogP contribution in [0.4, 0.5) is 8.78 Å². The van der Waals surface area contributed by atoms with Crippen molar-refractivity contribution in [2.45, 2.75) is 44.8 Å². The largest absolute Gasteiger partial charge is 0.586 e. The predicted molar refractivity (Wildman–Crippen MR) is 109 cm³/mol. The molecule has 2 aliphatic rings. The van der Waals surface area contributed by atoms with Crippen LogP contribution in [0.1, 0.15) is 35.2 Å². The molecule has 3 heterocycles. The van der Waals surface area contributed by atoms with E-state index >= 15 is 0 Å². The van der Waals surface area contributed by atoms with Gasteiger partial charge in [0.15, 0.2) is 11.5 Å². The first-order valence-corrected chi connectivity index (χ1v) is 10.1. The summed E-state index contributed by atoms with van der Waals surface area (Å²) in [5.74, 6) is -0.0486. The Hall–Kier alpha value is -3.35. The highest BCUT2D eigenvalue weighted by Gasteiger charge is 2.52. The summed E-state index contributed by atoms with van der Waals surface area (Å²) in [6.07, 6.45) is -0.394. The number of pyridine rings is 2. The number of carbonyl (C=O) groups is 1. The van der Waals surface area contributed by atoms with Gasteiger partial charge < -0.3 is 9.47 Å². The van der Waals surface area contributed by atoms with Gasteiger partial charge in [-0.1, -0.05) is 18.2 Å². The Morgan fingerprint density at radius 3 is 2.52 bits per heavy atom. The second kappa shape index (κ2) is 6.83. The number of Topliss-reactive ketones (excluding diaryl/α,β-unsaturated/α-hetero) is 1. The van der Waals surface area contributed by atoms with E-state index in [1.54, 1.807) is 12.3 Å². The maximum Gasteiger partial charge on any atom is 0.586 e. The molecule has 0 saturated heterocycles. The number of aromatic nitrogens is 2. The average molecular weight is 422 g/mol.